The standard InChI is InChI=1S/C16H13NO4/c1-9(18)11-2-3-13-15(16(11)20)12(8-14(19)21-13)10-4-6-17-7-5-10/h2-7,12,20H,8H2,1H3. The van der Waals surface area contributed by atoms with Gasteiger partial charge in [-0.25, -0.2) is 0 Å². The number of phenolic OH excluding ortho intramolecular Hbond substituents is 1. The van der Waals surface area contributed by atoms with Gasteiger partial charge < -0.3 is 9.84 Å². The smallest absolute Gasteiger partial charge is 0.312 e. The Morgan fingerprint density at radius 1 is 1.29 bits per heavy atom. The van der Waals surface area contributed by atoms with Gasteiger partial charge in [0.05, 0.1) is 12.0 Å². The molecule has 3 rings (SSSR count). The van der Waals surface area contributed by atoms with Crippen molar-refractivity contribution in [2.24, 2.45) is 0 Å². The van der Waals surface area contributed by atoms with E-state index in [1.54, 1.807) is 30.6 Å². The maximum Gasteiger partial charge on any atom is 0.312 e. The van der Waals surface area contributed by atoms with Gasteiger partial charge in [-0.15, -0.1) is 0 Å². The van der Waals surface area contributed by atoms with Crippen LogP contribution in [0, 0.1) is 0 Å². The summed E-state index contributed by atoms with van der Waals surface area (Å²) in [5.41, 5.74) is 1.55. The fraction of sp³-hybridized carbons (Fsp3) is 0.188. The lowest BCUT2D eigenvalue weighted by molar-refractivity contribution is -0.135. The Labute approximate surface area is 121 Å². The Kier molecular flexibility index (Phi) is 3.17. The van der Waals surface area contributed by atoms with Crippen LogP contribution < -0.4 is 4.74 Å². The van der Waals surface area contributed by atoms with E-state index in [0.717, 1.165) is 5.56 Å². The van der Waals surface area contributed by atoms with E-state index in [0.29, 0.717) is 11.3 Å². The summed E-state index contributed by atoms with van der Waals surface area (Å²) in [5, 5.41) is 10.4. The molecule has 0 saturated heterocycles. The fourth-order valence-electron chi connectivity index (χ4n) is 2.61. The molecular weight excluding hydrogens is 270 g/mol. The summed E-state index contributed by atoms with van der Waals surface area (Å²) in [5.74, 6) is -0.756. The van der Waals surface area contributed by atoms with Crippen molar-refractivity contribution in [2.75, 3.05) is 0 Å². The fourth-order valence-corrected chi connectivity index (χ4v) is 2.61. The molecule has 1 N–H and O–H groups in total. The molecule has 2 heterocycles. The Morgan fingerprint density at radius 2 is 2.00 bits per heavy atom. The van der Waals surface area contributed by atoms with Crippen LogP contribution >= 0.6 is 0 Å². The Hall–Kier alpha value is -2.69. The van der Waals surface area contributed by atoms with Gasteiger partial charge in [-0.3, -0.25) is 14.6 Å². The molecule has 1 aromatic carbocycles. The van der Waals surface area contributed by atoms with Crippen molar-refractivity contribution in [3.05, 3.63) is 53.3 Å². The minimum absolute atomic E-state index is 0.116. The van der Waals surface area contributed by atoms with Crippen LogP contribution in [-0.2, 0) is 4.79 Å². The molecule has 5 heteroatoms. The zero-order chi connectivity index (χ0) is 15.0. The minimum atomic E-state index is -0.362. The number of ether oxygens (including phenoxy) is 1. The third-order valence-electron chi connectivity index (χ3n) is 3.61. The first-order valence-corrected chi connectivity index (χ1v) is 6.55. The number of rotatable bonds is 2. The number of phenols is 1. The molecule has 21 heavy (non-hydrogen) atoms. The Balaban J connectivity index is 2.20. The van der Waals surface area contributed by atoms with Crippen molar-refractivity contribution in [2.45, 2.75) is 19.3 Å². The maximum atomic E-state index is 11.8. The van der Waals surface area contributed by atoms with Crippen LogP contribution in [0.25, 0.3) is 0 Å². The second-order valence-electron chi connectivity index (χ2n) is 4.94. The number of ketones is 1. The van der Waals surface area contributed by atoms with Gasteiger partial charge in [0, 0.05) is 23.9 Å². The molecule has 0 spiro atoms. The van der Waals surface area contributed by atoms with Crippen LogP contribution in [-0.4, -0.2) is 21.8 Å². The van der Waals surface area contributed by atoms with Crippen molar-refractivity contribution in [1.82, 2.24) is 4.98 Å². The van der Waals surface area contributed by atoms with Gasteiger partial charge in [-0.05, 0) is 36.8 Å². The normalized spacial score (nSPS) is 17.0. The third-order valence-corrected chi connectivity index (χ3v) is 3.61. The molecule has 0 saturated carbocycles. The quantitative estimate of drug-likeness (QED) is 0.520. The van der Waals surface area contributed by atoms with Crippen LogP contribution in [0.5, 0.6) is 11.5 Å². The molecule has 1 atom stereocenters. The third kappa shape index (κ3) is 2.27. The number of pyridine rings is 1. The predicted molar refractivity (Wildman–Crippen MR) is 74.4 cm³/mol. The van der Waals surface area contributed by atoms with Crippen molar-refractivity contribution in [3.63, 3.8) is 0 Å². The van der Waals surface area contributed by atoms with Crippen LogP contribution in [0.1, 0.15) is 40.7 Å². The van der Waals surface area contributed by atoms with Crippen LogP contribution in [0.3, 0.4) is 0 Å². The molecule has 1 aromatic heterocycles. The highest BCUT2D eigenvalue weighted by atomic mass is 16.5. The molecule has 0 fully saturated rings. The SMILES string of the molecule is CC(=O)c1ccc2c(c1O)C(c1ccncc1)CC(=O)O2. The van der Waals surface area contributed by atoms with E-state index in [1.165, 1.54) is 13.0 Å². The largest absolute Gasteiger partial charge is 0.507 e. The number of aromatic hydroxyl groups is 1. The molecule has 0 amide bonds. The number of aromatic nitrogens is 1. The van der Waals surface area contributed by atoms with Crippen molar-refractivity contribution in [3.8, 4) is 11.5 Å². The molecule has 2 aromatic rings. The molecule has 1 aliphatic rings. The van der Waals surface area contributed by atoms with Crippen LogP contribution in [0.15, 0.2) is 36.7 Å². The highest BCUT2D eigenvalue weighted by Gasteiger charge is 2.32. The summed E-state index contributed by atoms with van der Waals surface area (Å²) in [6.07, 6.45) is 3.37. The molecule has 1 unspecified atom stereocenters. The average molecular weight is 283 g/mol. The molecule has 0 aliphatic carbocycles. The lowest BCUT2D eigenvalue weighted by Gasteiger charge is -2.26. The number of carbonyl (C=O) groups is 2. The van der Waals surface area contributed by atoms with E-state index in [4.69, 9.17) is 4.74 Å². The summed E-state index contributed by atoms with van der Waals surface area (Å²) in [6.45, 7) is 1.39. The molecule has 0 bridgehead atoms. The van der Waals surface area contributed by atoms with Crippen LogP contribution in [0.2, 0.25) is 0 Å². The maximum absolute atomic E-state index is 11.8. The van der Waals surface area contributed by atoms with E-state index < -0.39 is 0 Å². The van der Waals surface area contributed by atoms with Gasteiger partial charge in [0.25, 0.3) is 0 Å². The molecule has 1 aliphatic heterocycles. The monoisotopic (exact) mass is 283 g/mol. The number of benzene rings is 1. The second-order valence-corrected chi connectivity index (χ2v) is 4.94. The van der Waals surface area contributed by atoms with Gasteiger partial charge in [0.1, 0.15) is 11.5 Å². The van der Waals surface area contributed by atoms with Gasteiger partial charge in [-0.2, -0.15) is 0 Å². The zero-order valence-corrected chi connectivity index (χ0v) is 11.4. The van der Waals surface area contributed by atoms with Gasteiger partial charge in [-0.1, -0.05) is 0 Å². The second kappa shape index (κ2) is 5.01. The predicted octanol–water partition coefficient (Wildman–Crippen LogP) is 2.43. The topological polar surface area (TPSA) is 76.5 Å². The number of nitrogens with zero attached hydrogens (tertiary/aromatic N) is 1. The number of hydrogen-bond acceptors (Lipinski definition) is 5. The molecule has 0 radical (unpaired) electrons. The van der Waals surface area contributed by atoms with E-state index in [9.17, 15) is 14.7 Å². The van der Waals surface area contributed by atoms with Gasteiger partial charge in [0.2, 0.25) is 0 Å². The molecule has 106 valence electrons. The molecule has 5 nitrogen and oxygen atoms in total. The first-order valence-electron chi connectivity index (χ1n) is 6.55. The minimum Gasteiger partial charge on any atom is -0.507 e. The van der Waals surface area contributed by atoms with Crippen molar-refractivity contribution >= 4 is 11.8 Å². The van der Waals surface area contributed by atoms with Crippen LogP contribution in [0.4, 0.5) is 0 Å². The number of Topliss-reactive ketones (excluding diaryl/α,β-unsaturated/α-hetero) is 1. The Morgan fingerprint density at radius 3 is 2.67 bits per heavy atom. The summed E-state index contributed by atoms with van der Waals surface area (Å²) < 4.78 is 5.17. The van der Waals surface area contributed by atoms with E-state index in [2.05, 4.69) is 4.98 Å². The first kappa shape index (κ1) is 13.3. The summed E-state index contributed by atoms with van der Waals surface area (Å²) in [7, 11) is 0. The zero-order valence-electron chi connectivity index (χ0n) is 11.4. The first-order chi connectivity index (χ1) is 10.1. The summed E-state index contributed by atoms with van der Waals surface area (Å²) in [4.78, 5) is 27.3. The van der Waals surface area contributed by atoms with Gasteiger partial charge >= 0.3 is 5.97 Å². The molecular formula is C16H13NO4. The van der Waals surface area contributed by atoms with E-state index in [1.807, 2.05) is 0 Å². The van der Waals surface area contributed by atoms with Crippen molar-refractivity contribution < 1.29 is 19.4 Å². The number of esters is 1. The van der Waals surface area contributed by atoms with E-state index >= 15 is 0 Å². The summed E-state index contributed by atoms with van der Waals surface area (Å²) in [6, 6.07) is 6.59. The Bertz CT molecular complexity index is 725. The highest BCUT2D eigenvalue weighted by molar-refractivity contribution is 5.98. The van der Waals surface area contributed by atoms with E-state index in [-0.39, 0.29) is 35.4 Å². The summed E-state index contributed by atoms with van der Waals surface area (Å²) >= 11 is 0. The lowest BCUT2D eigenvalue weighted by Crippen LogP contribution is -2.21. The number of carbonyl (C=O) groups excluding carboxylic acids is 2. The highest BCUT2D eigenvalue weighted by Crippen LogP contribution is 2.45. The lowest BCUT2D eigenvalue weighted by atomic mass is 9.85. The average Bonchev–Trinajstić information content (AvgIpc) is 2.47. The number of fused-ring (bicyclic) bond motifs is 1. The van der Waals surface area contributed by atoms with Crippen molar-refractivity contribution in [1.29, 1.82) is 0 Å². The number of hydrogen-bond donors (Lipinski definition) is 1. The van der Waals surface area contributed by atoms with Gasteiger partial charge in [0.15, 0.2) is 5.78 Å².